The third-order valence-corrected chi connectivity index (χ3v) is 6.97. The van der Waals surface area contributed by atoms with Gasteiger partial charge < -0.3 is 4.74 Å². The van der Waals surface area contributed by atoms with Gasteiger partial charge in [-0.2, -0.15) is 0 Å². The predicted octanol–water partition coefficient (Wildman–Crippen LogP) is 4.73. The number of ether oxygens (including phenoxy) is 1. The fourth-order valence-corrected chi connectivity index (χ4v) is 5.34. The Morgan fingerprint density at radius 1 is 0.733 bits per heavy atom. The summed E-state index contributed by atoms with van der Waals surface area (Å²) in [5.41, 5.74) is 0.673. The monoisotopic (exact) mass is 415 g/mol. The molecule has 1 amide bonds. The smallest absolute Gasteiger partial charge is 0.269 e. The van der Waals surface area contributed by atoms with Crippen LogP contribution in [0.5, 0.6) is 5.75 Å². The zero-order chi connectivity index (χ0) is 20.7. The second-order valence-electron chi connectivity index (χ2n) is 6.97. The number of hydrogen-bond acceptors (Lipinski definition) is 4. The van der Waals surface area contributed by atoms with Gasteiger partial charge in [0, 0.05) is 0 Å². The summed E-state index contributed by atoms with van der Waals surface area (Å²) in [4.78, 5) is 14.8. The normalized spacial score (nSPS) is 14.1. The minimum atomic E-state index is -3.69. The molecule has 0 N–H and O–H groups in total. The van der Waals surface area contributed by atoms with E-state index in [9.17, 15) is 13.2 Å². The number of nitrogens with zero attached hydrogens (tertiary/aromatic N) is 1. The molecule has 0 atom stereocenters. The molecule has 1 aliphatic rings. The first kappa shape index (κ1) is 18.4. The van der Waals surface area contributed by atoms with Crippen LogP contribution >= 0.6 is 0 Å². The summed E-state index contributed by atoms with van der Waals surface area (Å²) in [5, 5.41) is 2.10. The first-order valence-electron chi connectivity index (χ1n) is 9.43. The van der Waals surface area contributed by atoms with Crippen molar-refractivity contribution in [3.05, 3.63) is 91.0 Å². The molecule has 4 aromatic carbocycles. The highest BCUT2D eigenvalue weighted by Crippen LogP contribution is 2.43. The SMILES string of the molecule is O=C(COc1ccc2ccccc2c1)N1c2ccccc2S(=O)(=O)c2ccccc21. The predicted molar refractivity (Wildman–Crippen MR) is 115 cm³/mol. The quantitative estimate of drug-likeness (QED) is 0.485. The number of sulfone groups is 1. The van der Waals surface area contributed by atoms with Crippen LogP contribution in [0.4, 0.5) is 11.4 Å². The van der Waals surface area contributed by atoms with Gasteiger partial charge in [0.15, 0.2) is 6.61 Å². The van der Waals surface area contributed by atoms with E-state index in [1.807, 2.05) is 42.5 Å². The van der Waals surface area contributed by atoms with Gasteiger partial charge in [0.2, 0.25) is 9.84 Å². The average molecular weight is 415 g/mol. The second-order valence-corrected chi connectivity index (χ2v) is 8.85. The Morgan fingerprint density at radius 2 is 1.30 bits per heavy atom. The highest BCUT2D eigenvalue weighted by atomic mass is 32.2. The van der Waals surface area contributed by atoms with Crippen LogP contribution in [0, 0.1) is 0 Å². The van der Waals surface area contributed by atoms with E-state index in [0.29, 0.717) is 17.1 Å². The zero-order valence-corrected chi connectivity index (χ0v) is 16.7. The van der Waals surface area contributed by atoms with E-state index < -0.39 is 9.84 Å². The Balaban J connectivity index is 1.49. The lowest BCUT2D eigenvalue weighted by molar-refractivity contribution is -0.119. The number of hydrogen-bond donors (Lipinski definition) is 0. The fourth-order valence-electron chi connectivity index (χ4n) is 3.72. The number of para-hydroxylation sites is 2. The van der Waals surface area contributed by atoms with Crippen LogP contribution in [0.2, 0.25) is 0 Å². The Labute approximate surface area is 174 Å². The fraction of sp³-hybridized carbons (Fsp3) is 0.0417. The number of fused-ring (bicyclic) bond motifs is 3. The van der Waals surface area contributed by atoms with E-state index in [4.69, 9.17) is 4.74 Å². The molecular formula is C24H17NO4S. The molecule has 5 rings (SSSR count). The molecule has 0 saturated heterocycles. The van der Waals surface area contributed by atoms with Gasteiger partial charge in [0.1, 0.15) is 5.75 Å². The van der Waals surface area contributed by atoms with Crippen LogP contribution in [0.3, 0.4) is 0 Å². The van der Waals surface area contributed by atoms with Crippen LogP contribution in [-0.2, 0) is 14.6 Å². The second kappa shape index (κ2) is 7.00. The number of carbonyl (C=O) groups excluding carboxylic acids is 1. The van der Waals surface area contributed by atoms with Crippen LogP contribution in [0.1, 0.15) is 0 Å². The van der Waals surface area contributed by atoms with Crippen molar-refractivity contribution >= 4 is 37.9 Å². The topological polar surface area (TPSA) is 63.7 Å². The molecule has 0 aliphatic carbocycles. The third-order valence-electron chi connectivity index (χ3n) is 5.12. The van der Waals surface area contributed by atoms with E-state index >= 15 is 0 Å². The molecule has 1 aliphatic heterocycles. The highest BCUT2D eigenvalue weighted by Gasteiger charge is 2.36. The van der Waals surface area contributed by atoms with E-state index in [1.54, 1.807) is 36.4 Å². The van der Waals surface area contributed by atoms with Gasteiger partial charge in [-0.1, -0.05) is 54.6 Å². The van der Waals surface area contributed by atoms with Crippen LogP contribution in [0.25, 0.3) is 10.8 Å². The molecule has 4 aromatic rings. The van der Waals surface area contributed by atoms with Gasteiger partial charge in [-0.05, 0) is 47.2 Å². The minimum Gasteiger partial charge on any atom is -0.484 e. The van der Waals surface area contributed by atoms with Crippen molar-refractivity contribution in [1.29, 1.82) is 0 Å². The maximum Gasteiger partial charge on any atom is 0.269 e. The lowest BCUT2D eigenvalue weighted by atomic mass is 10.1. The summed E-state index contributed by atoms with van der Waals surface area (Å²) in [7, 11) is -3.69. The molecule has 30 heavy (non-hydrogen) atoms. The number of anilines is 2. The molecule has 6 heteroatoms. The van der Waals surface area contributed by atoms with Crippen molar-refractivity contribution in [3.63, 3.8) is 0 Å². The first-order chi connectivity index (χ1) is 14.6. The summed E-state index contributed by atoms with van der Waals surface area (Å²) < 4.78 is 31.8. The van der Waals surface area contributed by atoms with Gasteiger partial charge >= 0.3 is 0 Å². The van der Waals surface area contributed by atoms with Gasteiger partial charge in [-0.3, -0.25) is 9.69 Å². The van der Waals surface area contributed by atoms with Crippen molar-refractivity contribution < 1.29 is 17.9 Å². The van der Waals surface area contributed by atoms with Gasteiger partial charge in [-0.25, -0.2) is 8.42 Å². The standard InChI is InChI=1S/C24H17NO4S/c26-24(16-29-19-14-13-17-7-1-2-8-18(17)15-19)25-20-9-3-5-11-22(20)30(27,28)23-12-6-4-10-21(23)25/h1-15H,16H2. The molecule has 1 heterocycles. The van der Waals surface area contributed by atoms with Crippen molar-refractivity contribution in [2.24, 2.45) is 0 Å². The number of benzene rings is 4. The Morgan fingerprint density at radius 3 is 1.97 bits per heavy atom. The van der Waals surface area contributed by atoms with Crippen molar-refractivity contribution in [3.8, 4) is 5.75 Å². The van der Waals surface area contributed by atoms with Crippen LogP contribution in [0.15, 0.2) is 101 Å². The maximum atomic E-state index is 13.2. The lowest BCUT2D eigenvalue weighted by Gasteiger charge is -2.31. The van der Waals surface area contributed by atoms with E-state index in [-0.39, 0.29) is 22.3 Å². The van der Waals surface area contributed by atoms with Gasteiger partial charge in [0.25, 0.3) is 5.91 Å². The molecular weight excluding hydrogens is 398 g/mol. The number of rotatable bonds is 3. The largest absolute Gasteiger partial charge is 0.484 e. The van der Waals surface area contributed by atoms with Crippen LogP contribution in [-0.4, -0.2) is 20.9 Å². The minimum absolute atomic E-state index is 0.114. The maximum absolute atomic E-state index is 13.2. The summed E-state index contributed by atoms with van der Waals surface area (Å²) in [6.45, 7) is -0.221. The molecule has 0 spiro atoms. The summed E-state index contributed by atoms with van der Waals surface area (Å²) in [5.74, 6) is 0.228. The van der Waals surface area contributed by atoms with Crippen molar-refractivity contribution in [2.75, 3.05) is 11.5 Å². The van der Waals surface area contributed by atoms with E-state index in [2.05, 4.69) is 0 Å². The van der Waals surface area contributed by atoms with E-state index in [1.165, 1.54) is 17.0 Å². The van der Waals surface area contributed by atoms with Gasteiger partial charge in [-0.15, -0.1) is 0 Å². The molecule has 0 fully saturated rings. The van der Waals surface area contributed by atoms with Crippen molar-refractivity contribution in [1.82, 2.24) is 0 Å². The van der Waals surface area contributed by atoms with E-state index in [0.717, 1.165) is 10.8 Å². The lowest BCUT2D eigenvalue weighted by Crippen LogP contribution is -2.35. The third kappa shape index (κ3) is 2.93. The Bertz CT molecular complexity index is 1340. The first-order valence-corrected chi connectivity index (χ1v) is 10.9. The summed E-state index contributed by atoms with van der Waals surface area (Å²) >= 11 is 0. The number of carbonyl (C=O) groups is 1. The molecule has 0 radical (unpaired) electrons. The molecule has 0 bridgehead atoms. The van der Waals surface area contributed by atoms with Gasteiger partial charge in [0.05, 0.1) is 21.2 Å². The molecule has 0 saturated carbocycles. The van der Waals surface area contributed by atoms with Crippen LogP contribution < -0.4 is 9.64 Å². The zero-order valence-electron chi connectivity index (χ0n) is 15.9. The molecule has 0 aromatic heterocycles. The Kier molecular flexibility index (Phi) is 4.29. The Hall–Kier alpha value is -3.64. The number of amides is 1. The average Bonchev–Trinajstić information content (AvgIpc) is 2.78. The molecule has 0 unspecified atom stereocenters. The molecule has 148 valence electrons. The molecule has 5 nitrogen and oxygen atoms in total. The highest BCUT2D eigenvalue weighted by molar-refractivity contribution is 7.92. The summed E-state index contributed by atoms with van der Waals surface area (Å²) in [6, 6.07) is 26.6. The van der Waals surface area contributed by atoms with Crippen molar-refractivity contribution in [2.45, 2.75) is 9.79 Å². The summed E-state index contributed by atoms with van der Waals surface area (Å²) in [6.07, 6.45) is 0.